The van der Waals surface area contributed by atoms with Crippen LogP contribution in [0.4, 0.5) is 10.1 Å². The number of hydrogen-bond donors (Lipinski definition) is 1. The lowest BCUT2D eigenvalue weighted by Gasteiger charge is -2.10. The van der Waals surface area contributed by atoms with Gasteiger partial charge >= 0.3 is 0 Å². The average molecular weight is 284 g/mol. The van der Waals surface area contributed by atoms with Crippen LogP contribution in [0.25, 0.3) is 10.8 Å². The second kappa shape index (κ2) is 5.28. The zero-order valence-corrected chi connectivity index (χ0v) is 11.3. The second-order valence-corrected chi connectivity index (χ2v) is 4.50. The van der Waals surface area contributed by atoms with Gasteiger partial charge in [-0.3, -0.25) is 0 Å². The summed E-state index contributed by atoms with van der Waals surface area (Å²) in [6.07, 6.45) is 1.61. The molecular formula is C16H13FN2O2. The fraction of sp³-hybridized carbons (Fsp3) is 0.0625. The molecule has 0 amide bonds. The van der Waals surface area contributed by atoms with Crippen LogP contribution in [0.1, 0.15) is 0 Å². The van der Waals surface area contributed by atoms with E-state index in [4.69, 9.17) is 15.2 Å². The summed E-state index contributed by atoms with van der Waals surface area (Å²) in [7, 11) is 1.58. The molecule has 0 unspecified atom stereocenters. The first-order chi connectivity index (χ1) is 10.2. The Balaban J connectivity index is 2.07. The standard InChI is InChI=1S/C16H13FN2O2/c1-20-12-4-2-10-6-7-19-16(13(10)9-12)21-15-5-3-11(18)8-14(15)17/h2-9H,18H2,1H3. The van der Waals surface area contributed by atoms with Gasteiger partial charge in [0.25, 0.3) is 0 Å². The maximum absolute atomic E-state index is 13.8. The molecule has 0 bridgehead atoms. The first kappa shape index (κ1) is 13.2. The topological polar surface area (TPSA) is 57.4 Å². The number of nitrogens with zero attached hydrogens (tertiary/aromatic N) is 1. The molecule has 0 spiro atoms. The third kappa shape index (κ3) is 2.58. The molecule has 0 aliphatic carbocycles. The van der Waals surface area contributed by atoms with Crippen molar-refractivity contribution in [3.05, 3.63) is 54.5 Å². The Hall–Kier alpha value is -2.82. The minimum Gasteiger partial charge on any atom is -0.497 e. The van der Waals surface area contributed by atoms with E-state index in [2.05, 4.69) is 4.98 Å². The molecule has 2 N–H and O–H groups in total. The van der Waals surface area contributed by atoms with Gasteiger partial charge in [-0.2, -0.15) is 0 Å². The zero-order chi connectivity index (χ0) is 14.8. The summed E-state index contributed by atoms with van der Waals surface area (Å²) in [5.41, 5.74) is 5.86. The van der Waals surface area contributed by atoms with E-state index in [9.17, 15) is 4.39 Å². The summed E-state index contributed by atoms with van der Waals surface area (Å²) in [5, 5.41) is 1.67. The quantitative estimate of drug-likeness (QED) is 0.744. The molecule has 3 aromatic rings. The van der Waals surface area contributed by atoms with Gasteiger partial charge in [0.05, 0.1) is 7.11 Å². The van der Waals surface area contributed by atoms with Gasteiger partial charge in [0.2, 0.25) is 5.88 Å². The predicted molar refractivity (Wildman–Crippen MR) is 79.2 cm³/mol. The molecule has 1 aromatic heterocycles. The third-order valence-electron chi connectivity index (χ3n) is 3.10. The van der Waals surface area contributed by atoms with E-state index in [1.807, 2.05) is 18.2 Å². The first-order valence-electron chi connectivity index (χ1n) is 6.33. The Kier molecular flexibility index (Phi) is 3.31. The van der Waals surface area contributed by atoms with Crippen LogP contribution in [0.15, 0.2) is 48.7 Å². The number of halogens is 1. The van der Waals surface area contributed by atoms with Crippen LogP contribution in [-0.4, -0.2) is 12.1 Å². The first-order valence-corrected chi connectivity index (χ1v) is 6.33. The summed E-state index contributed by atoms with van der Waals surface area (Å²) >= 11 is 0. The van der Waals surface area contributed by atoms with E-state index in [0.717, 1.165) is 10.8 Å². The summed E-state index contributed by atoms with van der Waals surface area (Å²) in [6.45, 7) is 0. The molecule has 0 aliphatic rings. The SMILES string of the molecule is COc1ccc2ccnc(Oc3ccc(N)cc3F)c2c1. The monoisotopic (exact) mass is 284 g/mol. The van der Waals surface area contributed by atoms with Crippen LogP contribution in [-0.2, 0) is 0 Å². The highest BCUT2D eigenvalue weighted by atomic mass is 19.1. The van der Waals surface area contributed by atoms with E-state index in [0.29, 0.717) is 17.3 Å². The maximum Gasteiger partial charge on any atom is 0.227 e. The third-order valence-corrected chi connectivity index (χ3v) is 3.10. The fourth-order valence-corrected chi connectivity index (χ4v) is 2.03. The number of anilines is 1. The summed E-state index contributed by atoms with van der Waals surface area (Å²) in [5.74, 6) is 0.539. The molecule has 0 saturated carbocycles. The van der Waals surface area contributed by atoms with Crippen LogP contribution in [0.3, 0.4) is 0 Å². The number of rotatable bonds is 3. The minimum absolute atomic E-state index is 0.0759. The van der Waals surface area contributed by atoms with Crippen LogP contribution >= 0.6 is 0 Å². The number of pyridine rings is 1. The van der Waals surface area contributed by atoms with Gasteiger partial charge in [-0.25, -0.2) is 9.37 Å². The van der Waals surface area contributed by atoms with Crippen molar-refractivity contribution >= 4 is 16.5 Å². The number of fused-ring (bicyclic) bond motifs is 1. The minimum atomic E-state index is -0.531. The van der Waals surface area contributed by atoms with Crippen LogP contribution in [0, 0.1) is 5.82 Å². The number of nitrogen functional groups attached to an aromatic ring is 1. The molecule has 4 nitrogen and oxygen atoms in total. The Morgan fingerprint density at radius 2 is 1.95 bits per heavy atom. The number of hydrogen-bond acceptors (Lipinski definition) is 4. The van der Waals surface area contributed by atoms with E-state index in [1.165, 1.54) is 12.1 Å². The van der Waals surface area contributed by atoms with Crippen LogP contribution in [0.5, 0.6) is 17.4 Å². The van der Waals surface area contributed by atoms with E-state index >= 15 is 0 Å². The van der Waals surface area contributed by atoms with E-state index < -0.39 is 5.82 Å². The average Bonchev–Trinajstić information content (AvgIpc) is 2.50. The molecular weight excluding hydrogens is 271 g/mol. The molecule has 1 heterocycles. The van der Waals surface area contributed by atoms with E-state index in [-0.39, 0.29) is 5.75 Å². The van der Waals surface area contributed by atoms with Crippen LogP contribution < -0.4 is 15.2 Å². The van der Waals surface area contributed by atoms with Gasteiger partial charge < -0.3 is 15.2 Å². The predicted octanol–water partition coefficient (Wildman–Crippen LogP) is 3.76. The van der Waals surface area contributed by atoms with Crippen molar-refractivity contribution in [1.29, 1.82) is 0 Å². The van der Waals surface area contributed by atoms with Gasteiger partial charge in [-0.05, 0) is 35.7 Å². The van der Waals surface area contributed by atoms with Gasteiger partial charge in [-0.1, -0.05) is 6.07 Å². The Morgan fingerprint density at radius 3 is 2.71 bits per heavy atom. The molecule has 2 aromatic carbocycles. The number of benzene rings is 2. The van der Waals surface area contributed by atoms with Gasteiger partial charge in [0.1, 0.15) is 5.75 Å². The highest BCUT2D eigenvalue weighted by molar-refractivity contribution is 5.88. The zero-order valence-electron chi connectivity index (χ0n) is 11.3. The molecule has 5 heteroatoms. The summed E-state index contributed by atoms with van der Waals surface area (Å²) < 4.78 is 24.6. The Labute approximate surface area is 120 Å². The second-order valence-electron chi connectivity index (χ2n) is 4.50. The Morgan fingerprint density at radius 1 is 1.10 bits per heavy atom. The maximum atomic E-state index is 13.8. The van der Waals surface area contributed by atoms with Gasteiger partial charge in [0.15, 0.2) is 11.6 Å². The van der Waals surface area contributed by atoms with Crippen LogP contribution in [0.2, 0.25) is 0 Å². The van der Waals surface area contributed by atoms with Crippen molar-refractivity contribution in [2.45, 2.75) is 0 Å². The number of nitrogens with two attached hydrogens (primary N) is 1. The summed E-state index contributed by atoms with van der Waals surface area (Å²) in [6, 6.07) is 11.6. The number of aromatic nitrogens is 1. The number of ether oxygens (including phenoxy) is 2. The molecule has 0 radical (unpaired) electrons. The molecule has 0 fully saturated rings. The molecule has 21 heavy (non-hydrogen) atoms. The van der Waals surface area contributed by atoms with Crippen molar-refractivity contribution in [3.63, 3.8) is 0 Å². The highest BCUT2D eigenvalue weighted by Crippen LogP contribution is 2.31. The van der Waals surface area contributed by atoms with Crippen molar-refractivity contribution in [2.75, 3.05) is 12.8 Å². The molecule has 0 saturated heterocycles. The summed E-state index contributed by atoms with van der Waals surface area (Å²) in [4.78, 5) is 4.17. The lowest BCUT2D eigenvalue weighted by Crippen LogP contribution is -1.94. The smallest absolute Gasteiger partial charge is 0.227 e. The highest BCUT2D eigenvalue weighted by Gasteiger charge is 2.10. The fourth-order valence-electron chi connectivity index (χ4n) is 2.03. The molecule has 0 atom stereocenters. The van der Waals surface area contributed by atoms with Gasteiger partial charge in [-0.15, -0.1) is 0 Å². The van der Waals surface area contributed by atoms with Gasteiger partial charge in [0, 0.05) is 23.3 Å². The largest absolute Gasteiger partial charge is 0.497 e. The lowest BCUT2D eigenvalue weighted by molar-refractivity contribution is 0.414. The molecule has 3 rings (SSSR count). The Bertz CT molecular complexity index is 805. The number of methoxy groups -OCH3 is 1. The molecule has 0 aliphatic heterocycles. The van der Waals surface area contributed by atoms with Crippen molar-refractivity contribution in [1.82, 2.24) is 4.98 Å². The molecule has 106 valence electrons. The van der Waals surface area contributed by atoms with Crippen molar-refractivity contribution in [3.8, 4) is 17.4 Å². The normalized spacial score (nSPS) is 10.6. The van der Waals surface area contributed by atoms with Crippen molar-refractivity contribution in [2.24, 2.45) is 0 Å². The van der Waals surface area contributed by atoms with E-state index in [1.54, 1.807) is 25.4 Å². The lowest BCUT2D eigenvalue weighted by atomic mass is 10.1. The van der Waals surface area contributed by atoms with Crippen molar-refractivity contribution < 1.29 is 13.9 Å².